The minimum Gasteiger partial charge on any atom is -0.142 e. The highest BCUT2D eigenvalue weighted by molar-refractivity contribution is 7.32. The van der Waals surface area contributed by atoms with Crippen molar-refractivity contribution in [3.05, 3.63) is 47.8 Å². The van der Waals surface area contributed by atoms with Gasteiger partial charge >= 0.3 is 0 Å². The van der Waals surface area contributed by atoms with E-state index >= 15 is 0 Å². The van der Waals surface area contributed by atoms with Crippen LogP contribution in [0, 0.1) is 0 Å². The Morgan fingerprint density at radius 1 is 0.750 bits per heavy atom. The molecule has 76 valence electrons. The predicted molar refractivity (Wildman–Crippen MR) is 74.7 cm³/mol. The van der Waals surface area contributed by atoms with Gasteiger partial charge in [-0.1, -0.05) is 36.4 Å². The number of rotatable bonds is 0. The third-order valence-electron chi connectivity index (χ3n) is 2.97. The molecule has 0 aliphatic rings. The van der Waals surface area contributed by atoms with Crippen LogP contribution in [0.3, 0.4) is 0 Å². The van der Waals surface area contributed by atoms with Gasteiger partial charge in [-0.05, 0) is 22.2 Å². The number of hydrogen-bond acceptors (Lipinski definition) is 2. The Morgan fingerprint density at radius 2 is 1.69 bits per heavy atom. The van der Waals surface area contributed by atoms with Gasteiger partial charge in [0, 0.05) is 14.8 Å². The molecule has 0 N–H and O–H groups in total. The molecule has 2 heterocycles. The SMILES string of the molecule is c1ccc2c(c1)ccc1c3sccc3sc21. The first-order chi connectivity index (χ1) is 7.93. The fourth-order valence-corrected chi connectivity index (χ4v) is 4.59. The van der Waals surface area contributed by atoms with E-state index < -0.39 is 0 Å². The van der Waals surface area contributed by atoms with Crippen LogP contribution in [0.4, 0.5) is 0 Å². The van der Waals surface area contributed by atoms with Crippen molar-refractivity contribution < 1.29 is 0 Å². The lowest BCUT2D eigenvalue weighted by Gasteiger charge is -1.98. The van der Waals surface area contributed by atoms with Crippen molar-refractivity contribution >= 4 is 52.9 Å². The van der Waals surface area contributed by atoms with Crippen LogP contribution in [0.5, 0.6) is 0 Å². The zero-order valence-electron chi connectivity index (χ0n) is 8.44. The molecular weight excluding hydrogens is 232 g/mol. The molecule has 0 radical (unpaired) electrons. The standard InChI is InChI=1S/C14H8S2/c1-2-4-10-9(3-1)5-6-11-13(10)16-12-7-8-15-14(11)12/h1-8H. The topological polar surface area (TPSA) is 0 Å². The van der Waals surface area contributed by atoms with Crippen LogP contribution in [0.15, 0.2) is 47.8 Å². The lowest BCUT2D eigenvalue weighted by molar-refractivity contribution is 1.82. The smallest absolute Gasteiger partial charge is 0.0529 e. The Kier molecular flexibility index (Phi) is 1.67. The zero-order valence-corrected chi connectivity index (χ0v) is 10.1. The first kappa shape index (κ1) is 8.74. The van der Waals surface area contributed by atoms with Crippen molar-refractivity contribution in [2.45, 2.75) is 0 Å². The Hall–Kier alpha value is -1.38. The van der Waals surface area contributed by atoms with E-state index in [9.17, 15) is 0 Å². The van der Waals surface area contributed by atoms with E-state index in [2.05, 4.69) is 47.8 Å². The summed E-state index contributed by atoms with van der Waals surface area (Å²) in [5.74, 6) is 0. The highest BCUT2D eigenvalue weighted by Gasteiger charge is 2.08. The molecular formula is C14H8S2. The molecule has 0 aliphatic carbocycles. The summed E-state index contributed by atoms with van der Waals surface area (Å²) in [5.41, 5.74) is 0. The first-order valence-electron chi connectivity index (χ1n) is 5.21. The van der Waals surface area contributed by atoms with E-state index in [0.717, 1.165) is 0 Å². The van der Waals surface area contributed by atoms with Crippen LogP contribution in [0.2, 0.25) is 0 Å². The molecule has 2 aromatic carbocycles. The molecule has 0 saturated carbocycles. The summed E-state index contributed by atoms with van der Waals surface area (Å²) >= 11 is 3.75. The summed E-state index contributed by atoms with van der Waals surface area (Å²) in [6, 6.07) is 15.3. The normalized spacial score (nSPS) is 11.8. The summed E-state index contributed by atoms with van der Waals surface area (Å²) in [6.45, 7) is 0. The van der Waals surface area contributed by atoms with E-state index in [1.54, 1.807) is 0 Å². The van der Waals surface area contributed by atoms with Gasteiger partial charge in [0.2, 0.25) is 0 Å². The maximum Gasteiger partial charge on any atom is 0.0529 e. The van der Waals surface area contributed by atoms with Crippen LogP contribution >= 0.6 is 22.7 Å². The average molecular weight is 240 g/mol. The van der Waals surface area contributed by atoms with Gasteiger partial charge in [-0.2, -0.15) is 0 Å². The number of benzene rings is 2. The number of fused-ring (bicyclic) bond motifs is 5. The van der Waals surface area contributed by atoms with Gasteiger partial charge in [-0.15, -0.1) is 22.7 Å². The lowest BCUT2D eigenvalue weighted by atomic mass is 10.1. The van der Waals surface area contributed by atoms with Crippen molar-refractivity contribution in [3.8, 4) is 0 Å². The van der Waals surface area contributed by atoms with Crippen molar-refractivity contribution in [2.75, 3.05) is 0 Å². The second-order valence-electron chi connectivity index (χ2n) is 3.88. The van der Waals surface area contributed by atoms with Gasteiger partial charge in [0.15, 0.2) is 0 Å². The predicted octanol–water partition coefficient (Wildman–Crippen LogP) is 5.27. The number of thiophene rings is 2. The fourth-order valence-electron chi connectivity index (χ4n) is 2.22. The largest absolute Gasteiger partial charge is 0.142 e. The van der Waals surface area contributed by atoms with Crippen LogP contribution in [0.25, 0.3) is 30.3 Å². The summed E-state index contributed by atoms with van der Waals surface area (Å²) in [7, 11) is 0. The van der Waals surface area contributed by atoms with Gasteiger partial charge in [0.1, 0.15) is 0 Å². The van der Waals surface area contributed by atoms with E-state index in [1.807, 2.05) is 22.7 Å². The second kappa shape index (κ2) is 3.06. The molecule has 4 rings (SSSR count). The van der Waals surface area contributed by atoms with E-state index in [-0.39, 0.29) is 0 Å². The molecule has 0 saturated heterocycles. The van der Waals surface area contributed by atoms with Crippen LogP contribution in [0.1, 0.15) is 0 Å². The molecule has 0 atom stereocenters. The molecule has 2 aromatic heterocycles. The highest BCUT2D eigenvalue weighted by Crippen LogP contribution is 2.40. The van der Waals surface area contributed by atoms with Crippen molar-refractivity contribution in [1.29, 1.82) is 0 Å². The maximum absolute atomic E-state index is 2.26. The van der Waals surface area contributed by atoms with Gasteiger partial charge in [0.25, 0.3) is 0 Å². The van der Waals surface area contributed by atoms with Gasteiger partial charge < -0.3 is 0 Å². The molecule has 0 fully saturated rings. The highest BCUT2D eigenvalue weighted by atomic mass is 32.1. The van der Waals surface area contributed by atoms with E-state index in [0.29, 0.717) is 0 Å². The Morgan fingerprint density at radius 3 is 2.69 bits per heavy atom. The summed E-state index contributed by atoms with van der Waals surface area (Å²) < 4.78 is 4.28. The molecule has 0 amide bonds. The van der Waals surface area contributed by atoms with Crippen LogP contribution < -0.4 is 0 Å². The second-order valence-corrected chi connectivity index (χ2v) is 5.85. The molecule has 4 aromatic rings. The molecule has 0 nitrogen and oxygen atoms in total. The molecule has 16 heavy (non-hydrogen) atoms. The minimum absolute atomic E-state index is 1.34. The summed E-state index contributed by atoms with van der Waals surface area (Å²) in [5, 5.41) is 6.31. The Balaban J connectivity index is 2.36. The monoisotopic (exact) mass is 240 g/mol. The third-order valence-corrected chi connectivity index (χ3v) is 5.25. The molecule has 0 bridgehead atoms. The zero-order chi connectivity index (χ0) is 10.5. The summed E-state index contributed by atoms with van der Waals surface area (Å²) in [6.07, 6.45) is 0. The maximum atomic E-state index is 2.26. The molecule has 0 aliphatic heterocycles. The lowest BCUT2D eigenvalue weighted by Crippen LogP contribution is -1.70. The van der Waals surface area contributed by atoms with Crippen molar-refractivity contribution in [3.63, 3.8) is 0 Å². The molecule has 2 heteroatoms. The Bertz CT molecular complexity index is 799. The molecule has 0 unspecified atom stereocenters. The van der Waals surface area contributed by atoms with Gasteiger partial charge in [-0.3, -0.25) is 0 Å². The average Bonchev–Trinajstić information content (AvgIpc) is 2.88. The quantitative estimate of drug-likeness (QED) is 0.393. The summed E-state index contributed by atoms with van der Waals surface area (Å²) in [4.78, 5) is 0. The van der Waals surface area contributed by atoms with Crippen LogP contribution in [-0.2, 0) is 0 Å². The fraction of sp³-hybridized carbons (Fsp3) is 0. The minimum atomic E-state index is 1.34. The number of hydrogen-bond donors (Lipinski definition) is 0. The van der Waals surface area contributed by atoms with E-state index in [1.165, 1.54) is 30.3 Å². The van der Waals surface area contributed by atoms with Crippen LogP contribution in [-0.4, -0.2) is 0 Å². The third kappa shape index (κ3) is 1.03. The molecule has 0 spiro atoms. The van der Waals surface area contributed by atoms with Gasteiger partial charge in [-0.25, -0.2) is 0 Å². The van der Waals surface area contributed by atoms with Crippen molar-refractivity contribution in [1.82, 2.24) is 0 Å². The Labute approximate surface area is 101 Å². The van der Waals surface area contributed by atoms with Crippen molar-refractivity contribution in [2.24, 2.45) is 0 Å². The van der Waals surface area contributed by atoms with Gasteiger partial charge in [0.05, 0.1) is 4.70 Å². The first-order valence-corrected chi connectivity index (χ1v) is 6.90. The van der Waals surface area contributed by atoms with E-state index in [4.69, 9.17) is 0 Å².